The van der Waals surface area contributed by atoms with Crippen LogP contribution in [0.15, 0.2) is 79.4 Å². The summed E-state index contributed by atoms with van der Waals surface area (Å²) in [5.74, 6) is -0.454. The zero-order chi connectivity index (χ0) is 36.3. The Morgan fingerprint density at radius 3 is 2.16 bits per heavy atom. The smallest absolute Gasteiger partial charge is 0.343 e. The van der Waals surface area contributed by atoms with Crippen LogP contribution in [0, 0.1) is 0 Å². The maximum atomic E-state index is 13.3. The molecule has 1 fully saturated rings. The van der Waals surface area contributed by atoms with Gasteiger partial charge in [0.2, 0.25) is 0 Å². The molecule has 0 aromatic heterocycles. The number of fused-ring (bicyclic) bond motifs is 3. The summed E-state index contributed by atoms with van der Waals surface area (Å²) < 4.78 is 33.0. The van der Waals surface area contributed by atoms with Crippen molar-refractivity contribution in [2.75, 3.05) is 26.4 Å². The zero-order valence-electron chi connectivity index (χ0n) is 29.2. The minimum absolute atomic E-state index is 0.00339. The largest absolute Gasteiger partial charge is 0.490 e. The molecule has 5 rings (SSSR count). The first-order chi connectivity index (χ1) is 24.7. The normalized spacial score (nSPS) is 14.7. The summed E-state index contributed by atoms with van der Waals surface area (Å²) in [6, 6.07) is 16.6. The quantitative estimate of drug-likeness (QED) is 0.0490. The van der Waals surface area contributed by atoms with Gasteiger partial charge in [0.25, 0.3) is 0 Å². The highest BCUT2D eigenvalue weighted by Crippen LogP contribution is 2.46. The average molecular weight is 697 g/mol. The molecule has 0 amide bonds. The highest BCUT2D eigenvalue weighted by molar-refractivity contribution is 5.94. The Morgan fingerprint density at radius 2 is 1.45 bits per heavy atom. The van der Waals surface area contributed by atoms with Gasteiger partial charge in [-0.1, -0.05) is 45.6 Å². The molecule has 51 heavy (non-hydrogen) atoms. The molecule has 1 unspecified atom stereocenters. The number of ether oxygens (including phenoxy) is 6. The third-order valence-corrected chi connectivity index (χ3v) is 8.99. The van der Waals surface area contributed by atoms with E-state index in [0.29, 0.717) is 29.2 Å². The Balaban J connectivity index is 1.11. The average Bonchev–Trinajstić information content (AvgIpc) is 3.42. The van der Waals surface area contributed by atoms with Crippen LogP contribution in [0.1, 0.15) is 85.3 Å². The fourth-order valence-corrected chi connectivity index (χ4v) is 6.29. The molecule has 1 atom stereocenters. The molecule has 0 heterocycles. The molecule has 0 spiro atoms. The SMILES string of the molecule is C=CC(=O)OCCOc1ccc(OC(=O)c2ccc3c(c2)C(C)c2cc(OCCOC(=O)C(=C)CC(=O)OC4CCCCC4)ccc2-3)c(CC)c1. The van der Waals surface area contributed by atoms with E-state index in [0.717, 1.165) is 66.0 Å². The van der Waals surface area contributed by atoms with Crippen LogP contribution < -0.4 is 14.2 Å². The van der Waals surface area contributed by atoms with E-state index >= 15 is 0 Å². The Bertz CT molecular complexity index is 1780. The Morgan fingerprint density at radius 1 is 0.804 bits per heavy atom. The van der Waals surface area contributed by atoms with Crippen molar-refractivity contribution in [2.45, 2.75) is 70.8 Å². The molecule has 3 aromatic carbocycles. The summed E-state index contributed by atoms with van der Waals surface area (Å²) >= 11 is 0. The summed E-state index contributed by atoms with van der Waals surface area (Å²) in [5.41, 5.74) is 5.43. The van der Waals surface area contributed by atoms with Gasteiger partial charge in [-0.25, -0.2) is 14.4 Å². The number of hydrogen-bond donors (Lipinski definition) is 0. The maximum Gasteiger partial charge on any atom is 0.343 e. The minimum Gasteiger partial charge on any atom is -0.490 e. The van der Waals surface area contributed by atoms with Gasteiger partial charge in [-0.3, -0.25) is 4.79 Å². The molecule has 10 heteroatoms. The summed E-state index contributed by atoms with van der Waals surface area (Å²) in [7, 11) is 0. The summed E-state index contributed by atoms with van der Waals surface area (Å²) in [6.45, 7) is 11.5. The van der Waals surface area contributed by atoms with E-state index in [-0.39, 0.29) is 50.4 Å². The standard InChI is InChI=1S/C41H44O10/c1-5-28-23-31(46-18-20-48-38(42)6-2)14-17-37(28)51-41(45)29-12-15-33-34-16-13-32(25-36(34)27(4)35(33)24-29)47-19-21-49-40(44)26(3)22-39(43)50-30-10-8-7-9-11-30/h6,12-17,23-25,27,30H,2-3,5,7-11,18-22H2,1,4H3. The number of rotatable bonds is 16. The highest BCUT2D eigenvalue weighted by Gasteiger charge is 2.28. The molecule has 2 aliphatic rings. The van der Waals surface area contributed by atoms with Crippen LogP contribution in [0.2, 0.25) is 0 Å². The van der Waals surface area contributed by atoms with Crippen molar-refractivity contribution in [1.82, 2.24) is 0 Å². The Kier molecular flexibility index (Phi) is 12.7. The number of aryl methyl sites for hydroxylation is 1. The first-order valence-electron chi connectivity index (χ1n) is 17.4. The number of hydrogen-bond acceptors (Lipinski definition) is 10. The molecule has 0 radical (unpaired) electrons. The molecule has 3 aromatic rings. The van der Waals surface area contributed by atoms with Crippen LogP contribution in [0.25, 0.3) is 11.1 Å². The predicted octanol–water partition coefficient (Wildman–Crippen LogP) is 7.45. The van der Waals surface area contributed by atoms with E-state index in [2.05, 4.69) is 20.1 Å². The molecule has 0 saturated heterocycles. The van der Waals surface area contributed by atoms with Crippen LogP contribution in [0.5, 0.6) is 17.2 Å². The number of carbonyl (C=O) groups is 4. The van der Waals surface area contributed by atoms with E-state index in [9.17, 15) is 19.2 Å². The first kappa shape index (κ1) is 36.9. The molecule has 10 nitrogen and oxygen atoms in total. The summed E-state index contributed by atoms with van der Waals surface area (Å²) in [4.78, 5) is 49.0. The van der Waals surface area contributed by atoms with Gasteiger partial charge in [0.1, 0.15) is 49.8 Å². The number of carbonyl (C=O) groups excluding carboxylic acids is 4. The van der Waals surface area contributed by atoms with Crippen molar-refractivity contribution >= 4 is 23.9 Å². The second kappa shape index (κ2) is 17.5. The van der Waals surface area contributed by atoms with Crippen LogP contribution in [-0.2, 0) is 35.0 Å². The van der Waals surface area contributed by atoms with Crippen LogP contribution in [-0.4, -0.2) is 56.4 Å². The molecule has 0 N–H and O–H groups in total. The lowest BCUT2D eigenvalue weighted by Crippen LogP contribution is -2.22. The van der Waals surface area contributed by atoms with Crippen LogP contribution in [0.4, 0.5) is 0 Å². The van der Waals surface area contributed by atoms with Gasteiger partial charge in [0.05, 0.1) is 12.0 Å². The Labute approximate surface area is 298 Å². The molecule has 0 aliphatic heterocycles. The topological polar surface area (TPSA) is 124 Å². The molecule has 268 valence electrons. The molecular formula is C41H44O10. The minimum atomic E-state index is -0.649. The molecule has 2 aliphatic carbocycles. The lowest BCUT2D eigenvalue weighted by Gasteiger charge is -2.21. The monoisotopic (exact) mass is 696 g/mol. The van der Waals surface area contributed by atoms with Crippen molar-refractivity contribution < 1.29 is 47.6 Å². The molecule has 1 saturated carbocycles. The summed E-state index contributed by atoms with van der Waals surface area (Å²) in [5, 5.41) is 0. The van der Waals surface area contributed by atoms with Gasteiger partial charge >= 0.3 is 23.9 Å². The fourth-order valence-electron chi connectivity index (χ4n) is 6.29. The predicted molar refractivity (Wildman–Crippen MR) is 190 cm³/mol. The van der Waals surface area contributed by atoms with E-state index in [1.165, 1.54) is 0 Å². The van der Waals surface area contributed by atoms with Crippen molar-refractivity contribution in [1.29, 1.82) is 0 Å². The highest BCUT2D eigenvalue weighted by atomic mass is 16.6. The lowest BCUT2D eigenvalue weighted by atomic mass is 9.98. The third-order valence-electron chi connectivity index (χ3n) is 8.99. The zero-order valence-corrected chi connectivity index (χ0v) is 29.2. The second-order valence-corrected chi connectivity index (χ2v) is 12.5. The molecular weight excluding hydrogens is 652 g/mol. The van der Waals surface area contributed by atoms with Crippen LogP contribution in [0.3, 0.4) is 0 Å². The van der Waals surface area contributed by atoms with Gasteiger partial charge in [-0.2, -0.15) is 0 Å². The van der Waals surface area contributed by atoms with E-state index < -0.39 is 23.9 Å². The lowest BCUT2D eigenvalue weighted by molar-refractivity contribution is -0.151. The second-order valence-electron chi connectivity index (χ2n) is 12.5. The van der Waals surface area contributed by atoms with Gasteiger partial charge in [0.15, 0.2) is 0 Å². The van der Waals surface area contributed by atoms with Crippen LogP contribution >= 0.6 is 0 Å². The Hall–Kier alpha value is -5.38. The van der Waals surface area contributed by atoms with E-state index in [1.807, 2.05) is 37.3 Å². The van der Waals surface area contributed by atoms with Gasteiger partial charge in [-0.15, -0.1) is 0 Å². The maximum absolute atomic E-state index is 13.3. The van der Waals surface area contributed by atoms with Crippen molar-refractivity contribution in [3.05, 3.63) is 102 Å². The first-order valence-corrected chi connectivity index (χ1v) is 17.4. The van der Waals surface area contributed by atoms with Gasteiger partial charge in [0, 0.05) is 17.6 Å². The van der Waals surface area contributed by atoms with Crippen molar-refractivity contribution in [2.24, 2.45) is 0 Å². The van der Waals surface area contributed by atoms with Crippen molar-refractivity contribution in [3.8, 4) is 28.4 Å². The van der Waals surface area contributed by atoms with E-state index in [4.69, 9.17) is 28.4 Å². The van der Waals surface area contributed by atoms with E-state index in [1.54, 1.807) is 24.3 Å². The third kappa shape index (κ3) is 9.66. The number of esters is 4. The summed E-state index contributed by atoms with van der Waals surface area (Å²) in [6.07, 6.45) is 6.40. The fraction of sp³-hybridized carbons (Fsp3) is 0.366. The van der Waals surface area contributed by atoms with Crippen molar-refractivity contribution in [3.63, 3.8) is 0 Å². The van der Waals surface area contributed by atoms with Gasteiger partial charge < -0.3 is 28.4 Å². The van der Waals surface area contributed by atoms with Gasteiger partial charge in [-0.05, 0) is 102 Å². The number of benzene rings is 3. The molecule has 0 bridgehead atoms.